The standard InChI is InChI=1S/C13H21NO/c1-7-10(2)8-9-11(3)14-13(5,6)12(4)15/h8-9,14H,2-3,7H2,1,4-6H3/b9-8-. The van der Waals surface area contributed by atoms with E-state index in [9.17, 15) is 4.79 Å². The van der Waals surface area contributed by atoms with Crippen LogP contribution < -0.4 is 5.32 Å². The van der Waals surface area contributed by atoms with Crippen LogP contribution in [0.5, 0.6) is 0 Å². The lowest BCUT2D eigenvalue weighted by Crippen LogP contribution is -2.44. The van der Waals surface area contributed by atoms with Gasteiger partial charge in [-0.25, -0.2) is 0 Å². The Bertz CT molecular complexity index is 298. The van der Waals surface area contributed by atoms with Gasteiger partial charge in [-0.05, 0) is 33.3 Å². The first-order valence-corrected chi connectivity index (χ1v) is 5.13. The summed E-state index contributed by atoms with van der Waals surface area (Å²) < 4.78 is 0. The van der Waals surface area contributed by atoms with Crippen LogP contribution in [0.25, 0.3) is 0 Å². The Morgan fingerprint density at radius 2 is 1.87 bits per heavy atom. The summed E-state index contributed by atoms with van der Waals surface area (Å²) in [7, 11) is 0. The van der Waals surface area contributed by atoms with E-state index in [1.54, 1.807) is 6.92 Å². The molecule has 0 saturated carbocycles. The Hall–Kier alpha value is -1.31. The van der Waals surface area contributed by atoms with Crippen LogP contribution in [0.3, 0.4) is 0 Å². The van der Waals surface area contributed by atoms with Crippen molar-refractivity contribution in [2.75, 3.05) is 0 Å². The largest absolute Gasteiger partial charge is 0.374 e. The van der Waals surface area contributed by atoms with Crippen molar-refractivity contribution in [3.8, 4) is 0 Å². The molecule has 1 N–H and O–H groups in total. The Balaban J connectivity index is 4.33. The summed E-state index contributed by atoms with van der Waals surface area (Å²) >= 11 is 0. The molecule has 0 aromatic carbocycles. The van der Waals surface area contributed by atoms with Crippen LogP contribution in [-0.4, -0.2) is 11.3 Å². The molecule has 84 valence electrons. The van der Waals surface area contributed by atoms with Gasteiger partial charge in [0.2, 0.25) is 0 Å². The second kappa shape index (κ2) is 5.54. The van der Waals surface area contributed by atoms with Crippen LogP contribution in [0, 0.1) is 0 Å². The van der Waals surface area contributed by atoms with Crippen LogP contribution in [0.1, 0.15) is 34.1 Å². The van der Waals surface area contributed by atoms with Gasteiger partial charge in [0, 0.05) is 5.70 Å². The minimum Gasteiger partial charge on any atom is -0.374 e. The molecular weight excluding hydrogens is 186 g/mol. The maximum Gasteiger partial charge on any atom is 0.154 e. The van der Waals surface area contributed by atoms with Gasteiger partial charge in [0.05, 0.1) is 5.54 Å². The molecular formula is C13H21NO. The lowest BCUT2D eigenvalue weighted by atomic mass is 10.00. The first-order valence-electron chi connectivity index (χ1n) is 5.13. The van der Waals surface area contributed by atoms with Crippen LogP contribution in [-0.2, 0) is 4.79 Å². The van der Waals surface area contributed by atoms with Gasteiger partial charge in [0.1, 0.15) is 0 Å². The first-order chi connectivity index (χ1) is 6.79. The number of hydrogen-bond donors (Lipinski definition) is 1. The van der Waals surface area contributed by atoms with Gasteiger partial charge >= 0.3 is 0 Å². The third kappa shape index (κ3) is 5.21. The molecule has 0 saturated heterocycles. The molecule has 0 unspecified atom stereocenters. The van der Waals surface area contributed by atoms with Gasteiger partial charge in [-0.3, -0.25) is 4.79 Å². The molecule has 0 spiro atoms. The van der Waals surface area contributed by atoms with Crippen molar-refractivity contribution in [2.45, 2.75) is 39.7 Å². The highest BCUT2D eigenvalue weighted by Crippen LogP contribution is 2.08. The second-order valence-corrected chi connectivity index (χ2v) is 4.18. The third-order valence-electron chi connectivity index (χ3n) is 2.33. The molecule has 0 fully saturated rings. The minimum atomic E-state index is -0.561. The van der Waals surface area contributed by atoms with Crippen molar-refractivity contribution in [3.63, 3.8) is 0 Å². The Morgan fingerprint density at radius 1 is 1.33 bits per heavy atom. The van der Waals surface area contributed by atoms with Crippen molar-refractivity contribution in [2.24, 2.45) is 0 Å². The monoisotopic (exact) mass is 207 g/mol. The van der Waals surface area contributed by atoms with E-state index in [0.717, 1.165) is 17.7 Å². The second-order valence-electron chi connectivity index (χ2n) is 4.18. The summed E-state index contributed by atoms with van der Waals surface area (Å²) in [6.07, 6.45) is 4.67. The van der Waals surface area contributed by atoms with E-state index < -0.39 is 5.54 Å². The molecule has 0 aliphatic heterocycles. The van der Waals surface area contributed by atoms with E-state index in [-0.39, 0.29) is 5.78 Å². The first kappa shape index (κ1) is 13.7. The number of nitrogens with one attached hydrogen (secondary N) is 1. The third-order valence-corrected chi connectivity index (χ3v) is 2.33. The lowest BCUT2D eigenvalue weighted by Gasteiger charge is -2.24. The van der Waals surface area contributed by atoms with Crippen LogP contribution in [0.4, 0.5) is 0 Å². The van der Waals surface area contributed by atoms with E-state index in [2.05, 4.69) is 18.5 Å². The number of carbonyl (C=O) groups is 1. The zero-order valence-electron chi connectivity index (χ0n) is 10.2. The number of allylic oxidation sites excluding steroid dienone is 3. The SMILES string of the molecule is C=C(/C=C\C(=C)NC(C)(C)C(C)=O)CC. The molecule has 0 atom stereocenters. The summed E-state index contributed by atoms with van der Waals surface area (Å²) in [5.41, 5.74) is 1.21. The number of ketones is 1. The topological polar surface area (TPSA) is 29.1 Å². The average molecular weight is 207 g/mol. The van der Waals surface area contributed by atoms with E-state index >= 15 is 0 Å². The van der Waals surface area contributed by atoms with Crippen molar-refractivity contribution in [1.82, 2.24) is 5.32 Å². The molecule has 2 nitrogen and oxygen atoms in total. The predicted molar refractivity (Wildman–Crippen MR) is 65.6 cm³/mol. The van der Waals surface area contributed by atoms with E-state index in [4.69, 9.17) is 0 Å². The fourth-order valence-electron chi connectivity index (χ4n) is 0.867. The summed E-state index contributed by atoms with van der Waals surface area (Å²) in [6.45, 7) is 15.0. The molecule has 2 heteroatoms. The number of hydrogen-bond acceptors (Lipinski definition) is 2. The highest BCUT2D eigenvalue weighted by Gasteiger charge is 2.22. The highest BCUT2D eigenvalue weighted by atomic mass is 16.1. The summed E-state index contributed by atoms with van der Waals surface area (Å²) in [5.74, 6) is 0.0892. The number of rotatable bonds is 6. The molecule has 0 aliphatic rings. The fraction of sp³-hybridized carbons (Fsp3) is 0.462. The molecule has 0 rings (SSSR count). The Morgan fingerprint density at radius 3 is 2.27 bits per heavy atom. The van der Waals surface area contributed by atoms with Gasteiger partial charge in [-0.2, -0.15) is 0 Å². The van der Waals surface area contributed by atoms with Crippen molar-refractivity contribution < 1.29 is 4.79 Å². The fourth-order valence-corrected chi connectivity index (χ4v) is 0.867. The summed E-state index contributed by atoms with van der Waals surface area (Å²) in [6, 6.07) is 0. The van der Waals surface area contributed by atoms with Gasteiger partial charge < -0.3 is 5.32 Å². The summed E-state index contributed by atoms with van der Waals surface area (Å²) in [4.78, 5) is 11.3. The van der Waals surface area contributed by atoms with Gasteiger partial charge in [-0.15, -0.1) is 0 Å². The molecule has 0 aromatic heterocycles. The molecule has 0 bridgehead atoms. The average Bonchev–Trinajstić information content (AvgIpc) is 2.13. The molecule has 0 aliphatic carbocycles. The van der Waals surface area contributed by atoms with Crippen LogP contribution >= 0.6 is 0 Å². The molecule has 0 radical (unpaired) electrons. The van der Waals surface area contributed by atoms with Crippen LogP contribution in [0.2, 0.25) is 0 Å². The van der Waals surface area contributed by atoms with Gasteiger partial charge in [0.25, 0.3) is 0 Å². The maximum atomic E-state index is 11.3. The Kier molecular flexibility index (Phi) is 5.06. The van der Waals surface area contributed by atoms with E-state index in [1.807, 2.05) is 32.9 Å². The molecule has 15 heavy (non-hydrogen) atoms. The van der Waals surface area contributed by atoms with E-state index in [0.29, 0.717) is 0 Å². The Labute approximate surface area is 92.8 Å². The lowest BCUT2D eigenvalue weighted by molar-refractivity contribution is -0.121. The van der Waals surface area contributed by atoms with Crippen molar-refractivity contribution in [3.05, 3.63) is 36.6 Å². The normalized spacial score (nSPS) is 11.5. The van der Waals surface area contributed by atoms with Gasteiger partial charge in [0.15, 0.2) is 5.78 Å². The smallest absolute Gasteiger partial charge is 0.154 e. The van der Waals surface area contributed by atoms with E-state index in [1.165, 1.54) is 0 Å². The van der Waals surface area contributed by atoms with Gasteiger partial charge in [-0.1, -0.05) is 31.7 Å². The zero-order chi connectivity index (χ0) is 12.1. The minimum absolute atomic E-state index is 0.0892. The zero-order valence-corrected chi connectivity index (χ0v) is 10.2. The molecule has 0 aromatic rings. The predicted octanol–water partition coefficient (Wildman–Crippen LogP) is 2.98. The maximum absolute atomic E-state index is 11.3. The number of Topliss-reactive ketones (excluding diaryl/α,β-unsaturated/α-hetero) is 1. The van der Waals surface area contributed by atoms with Crippen molar-refractivity contribution in [1.29, 1.82) is 0 Å². The van der Waals surface area contributed by atoms with Crippen LogP contribution in [0.15, 0.2) is 36.6 Å². The molecule has 0 amide bonds. The quantitative estimate of drug-likeness (QED) is 0.678. The number of carbonyl (C=O) groups excluding carboxylic acids is 1. The molecule has 0 heterocycles. The van der Waals surface area contributed by atoms with Crippen molar-refractivity contribution >= 4 is 5.78 Å². The summed E-state index contributed by atoms with van der Waals surface area (Å²) in [5, 5.41) is 3.06. The highest BCUT2D eigenvalue weighted by molar-refractivity contribution is 5.85.